The summed E-state index contributed by atoms with van der Waals surface area (Å²) in [5.74, 6) is 0.159. The molecule has 5 rings (SSSR count). The fraction of sp³-hybridized carbons (Fsp3) is 0. The fourth-order valence-corrected chi connectivity index (χ4v) is 3.67. The summed E-state index contributed by atoms with van der Waals surface area (Å²) in [6, 6.07) is 24.9. The Kier molecular flexibility index (Phi) is 3.09. The number of para-hydroxylation sites is 2. The van der Waals surface area contributed by atoms with Gasteiger partial charge in [0.05, 0.1) is 16.4 Å². The number of nitrogens with zero attached hydrogens (tertiary/aromatic N) is 1. The number of pyridine rings is 1. The average Bonchev–Trinajstić information content (AvgIpc) is 2.67. The average molecular weight is 337 g/mol. The zero-order valence-corrected chi connectivity index (χ0v) is 13.8. The SMILES string of the molecule is Oc1cccc2ccc(-c3c4ccccc4nc4ccccc34)c(O)c12. The van der Waals surface area contributed by atoms with Gasteiger partial charge in [-0.1, -0.05) is 54.6 Å². The Labute approximate surface area is 149 Å². The van der Waals surface area contributed by atoms with Crippen LogP contribution < -0.4 is 0 Å². The number of fused-ring (bicyclic) bond motifs is 3. The minimum absolute atomic E-state index is 0.0736. The standard InChI is InChI=1S/C23H15NO2/c25-20-11-5-6-14-12-13-17(23(26)21(14)20)22-15-7-1-3-9-18(15)24-19-10-4-2-8-16(19)22/h1-13,25-26H. The largest absolute Gasteiger partial charge is 0.507 e. The summed E-state index contributed by atoms with van der Waals surface area (Å²) >= 11 is 0. The molecule has 3 nitrogen and oxygen atoms in total. The summed E-state index contributed by atoms with van der Waals surface area (Å²) in [7, 11) is 0. The number of aromatic nitrogens is 1. The molecule has 0 saturated heterocycles. The van der Waals surface area contributed by atoms with E-state index in [1.165, 1.54) is 0 Å². The summed E-state index contributed by atoms with van der Waals surface area (Å²) < 4.78 is 0. The van der Waals surface area contributed by atoms with E-state index >= 15 is 0 Å². The van der Waals surface area contributed by atoms with Crippen LogP contribution in [0.25, 0.3) is 43.7 Å². The van der Waals surface area contributed by atoms with Crippen molar-refractivity contribution in [2.24, 2.45) is 0 Å². The summed E-state index contributed by atoms with van der Waals surface area (Å²) in [5.41, 5.74) is 3.36. The number of hydrogen-bond donors (Lipinski definition) is 2. The highest BCUT2D eigenvalue weighted by atomic mass is 16.3. The van der Waals surface area contributed by atoms with Crippen LogP contribution in [-0.2, 0) is 0 Å². The normalized spacial score (nSPS) is 11.4. The first-order chi connectivity index (χ1) is 12.7. The molecule has 0 unspecified atom stereocenters. The van der Waals surface area contributed by atoms with Crippen LogP contribution in [0, 0.1) is 0 Å². The molecule has 0 aliphatic heterocycles. The first-order valence-electron chi connectivity index (χ1n) is 8.45. The third kappa shape index (κ3) is 2.04. The Morgan fingerprint density at radius 1 is 0.615 bits per heavy atom. The van der Waals surface area contributed by atoms with Crippen molar-refractivity contribution in [3.8, 4) is 22.6 Å². The van der Waals surface area contributed by atoms with E-state index in [2.05, 4.69) is 0 Å². The predicted molar refractivity (Wildman–Crippen MR) is 106 cm³/mol. The second-order valence-electron chi connectivity index (χ2n) is 6.36. The lowest BCUT2D eigenvalue weighted by molar-refractivity contribution is 0.465. The van der Waals surface area contributed by atoms with Gasteiger partial charge in [0.15, 0.2) is 0 Å². The molecule has 0 fully saturated rings. The van der Waals surface area contributed by atoms with E-state index < -0.39 is 0 Å². The number of benzene rings is 4. The minimum atomic E-state index is 0.0736. The number of phenolic OH excluding ortho intramolecular Hbond substituents is 2. The van der Waals surface area contributed by atoms with Crippen LogP contribution in [0.4, 0.5) is 0 Å². The van der Waals surface area contributed by atoms with Gasteiger partial charge in [0.1, 0.15) is 11.5 Å². The van der Waals surface area contributed by atoms with Crippen LogP contribution in [0.15, 0.2) is 78.9 Å². The number of aromatic hydroxyl groups is 2. The first kappa shape index (κ1) is 14.7. The van der Waals surface area contributed by atoms with E-state index in [9.17, 15) is 10.2 Å². The maximum atomic E-state index is 11.0. The van der Waals surface area contributed by atoms with Crippen molar-refractivity contribution in [1.29, 1.82) is 0 Å². The lowest BCUT2D eigenvalue weighted by Crippen LogP contribution is -1.90. The van der Waals surface area contributed by atoms with Crippen LogP contribution in [0.3, 0.4) is 0 Å². The van der Waals surface area contributed by atoms with Gasteiger partial charge >= 0.3 is 0 Å². The smallest absolute Gasteiger partial charge is 0.134 e. The minimum Gasteiger partial charge on any atom is -0.507 e. The van der Waals surface area contributed by atoms with E-state index in [0.717, 1.165) is 32.8 Å². The van der Waals surface area contributed by atoms with Crippen LogP contribution >= 0.6 is 0 Å². The van der Waals surface area contributed by atoms with Crippen molar-refractivity contribution in [3.05, 3.63) is 78.9 Å². The Hall–Kier alpha value is -3.59. The molecule has 5 aromatic rings. The zero-order chi connectivity index (χ0) is 17.7. The van der Waals surface area contributed by atoms with E-state index in [-0.39, 0.29) is 11.5 Å². The Morgan fingerprint density at radius 3 is 1.96 bits per heavy atom. The van der Waals surface area contributed by atoms with Gasteiger partial charge in [-0.3, -0.25) is 0 Å². The van der Waals surface area contributed by atoms with Gasteiger partial charge in [0.25, 0.3) is 0 Å². The Bertz CT molecular complexity index is 1250. The molecule has 124 valence electrons. The topological polar surface area (TPSA) is 53.4 Å². The zero-order valence-electron chi connectivity index (χ0n) is 13.8. The van der Waals surface area contributed by atoms with Gasteiger partial charge in [0, 0.05) is 21.9 Å². The highest BCUT2D eigenvalue weighted by molar-refractivity contribution is 6.12. The first-order valence-corrected chi connectivity index (χ1v) is 8.45. The van der Waals surface area contributed by atoms with Crippen LogP contribution in [0.1, 0.15) is 0 Å². The Morgan fingerprint density at radius 2 is 1.27 bits per heavy atom. The van der Waals surface area contributed by atoms with E-state index in [0.29, 0.717) is 10.9 Å². The molecule has 0 saturated carbocycles. The highest BCUT2D eigenvalue weighted by Crippen LogP contribution is 2.44. The number of hydrogen-bond acceptors (Lipinski definition) is 3. The molecule has 0 amide bonds. The van der Waals surface area contributed by atoms with Gasteiger partial charge in [-0.25, -0.2) is 4.98 Å². The summed E-state index contributed by atoms with van der Waals surface area (Å²) in [6.45, 7) is 0. The molecule has 0 aliphatic carbocycles. The van der Waals surface area contributed by atoms with Crippen LogP contribution in [0.5, 0.6) is 11.5 Å². The molecule has 0 atom stereocenters. The third-order valence-corrected chi connectivity index (χ3v) is 4.85. The van der Waals surface area contributed by atoms with Crippen molar-refractivity contribution in [1.82, 2.24) is 4.98 Å². The van der Waals surface area contributed by atoms with Gasteiger partial charge in [0.2, 0.25) is 0 Å². The predicted octanol–water partition coefficient (Wildman–Crippen LogP) is 5.62. The molecule has 26 heavy (non-hydrogen) atoms. The van der Waals surface area contributed by atoms with Crippen molar-refractivity contribution in [2.75, 3.05) is 0 Å². The maximum Gasteiger partial charge on any atom is 0.134 e. The molecule has 0 radical (unpaired) electrons. The van der Waals surface area contributed by atoms with Crippen molar-refractivity contribution in [3.63, 3.8) is 0 Å². The lowest BCUT2D eigenvalue weighted by atomic mass is 9.93. The molecular weight excluding hydrogens is 322 g/mol. The fourth-order valence-electron chi connectivity index (χ4n) is 3.67. The van der Waals surface area contributed by atoms with Crippen LogP contribution in [0.2, 0.25) is 0 Å². The van der Waals surface area contributed by atoms with E-state index in [1.807, 2.05) is 66.7 Å². The van der Waals surface area contributed by atoms with Gasteiger partial charge < -0.3 is 10.2 Å². The molecule has 2 N–H and O–H groups in total. The van der Waals surface area contributed by atoms with Gasteiger partial charge in [-0.15, -0.1) is 0 Å². The van der Waals surface area contributed by atoms with Gasteiger partial charge in [-0.2, -0.15) is 0 Å². The molecule has 0 bridgehead atoms. The summed E-state index contributed by atoms with van der Waals surface area (Å²) in [6.07, 6.45) is 0. The van der Waals surface area contributed by atoms with Crippen molar-refractivity contribution >= 4 is 32.6 Å². The van der Waals surface area contributed by atoms with Crippen molar-refractivity contribution in [2.45, 2.75) is 0 Å². The number of phenols is 2. The molecule has 0 spiro atoms. The second-order valence-corrected chi connectivity index (χ2v) is 6.36. The quantitative estimate of drug-likeness (QED) is 0.390. The van der Waals surface area contributed by atoms with Crippen molar-refractivity contribution < 1.29 is 10.2 Å². The summed E-state index contributed by atoms with van der Waals surface area (Å²) in [5, 5.41) is 24.5. The Balaban J connectivity index is 1.99. The molecule has 4 aromatic carbocycles. The molecule has 1 aromatic heterocycles. The number of rotatable bonds is 1. The lowest BCUT2D eigenvalue weighted by Gasteiger charge is -2.14. The third-order valence-electron chi connectivity index (χ3n) is 4.85. The van der Waals surface area contributed by atoms with Gasteiger partial charge in [-0.05, 0) is 29.7 Å². The van der Waals surface area contributed by atoms with E-state index in [4.69, 9.17) is 4.98 Å². The molecule has 1 heterocycles. The van der Waals surface area contributed by atoms with Crippen LogP contribution in [-0.4, -0.2) is 15.2 Å². The highest BCUT2D eigenvalue weighted by Gasteiger charge is 2.17. The summed E-state index contributed by atoms with van der Waals surface area (Å²) in [4.78, 5) is 4.74. The molecular formula is C23H15NO2. The van der Waals surface area contributed by atoms with E-state index in [1.54, 1.807) is 12.1 Å². The monoisotopic (exact) mass is 337 g/mol. The molecule has 0 aliphatic rings. The maximum absolute atomic E-state index is 11.0. The second kappa shape index (κ2) is 5.46. The molecule has 3 heteroatoms.